The number of carbonyl (C=O) groups is 1. The fourth-order valence-corrected chi connectivity index (χ4v) is 5.07. The van der Waals surface area contributed by atoms with Gasteiger partial charge in [0.1, 0.15) is 5.75 Å². The van der Waals surface area contributed by atoms with Crippen molar-refractivity contribution in [2.24, 2.45) is 0 Å². The highest BCUT2D eigenvalue weighted by atomic mass is 32.2. The first-order valence-electron chi connectivity index (χ1n) is 10.8. The van der Waals surface area contributed by atoms with Crippen LogP contribution < -0.4 is 19.5 Å². The van der Waals surface area contributed by atoms with Crippen molar-refractivity contribution in [1.29, 1.82) is 0 Å². The number of hydrogen-bond acceptors (Lipinski definition) is 6. The Morgan fingerprint density at radius 3 is 2.53 bits per heavy atom. The SMILES string of the molecule is CCOc1ccc(S(=O)(=O)N(CC(=O)Nc2ccc3c(c2)OCO3)Cc2ccccc2)cc1C. The molecule has 4 rings (SSSR count). The molecule has 1 N–H and O–H groups in total. The first kappa shape index (κ1) is 23.6. The van der Waals surface area contributed by atoms with E-state index < -0.39 is 15.9 Å². The van der Waals surface area contributed by atoms with Gasteiger partial charge in [-0.15, -0.1) is 0 Å². The van der Waals surface area contributed by atoms with Gasteiger partial charge in [0.25, 0.3) is 0 Å². The summed E-state index contributed by atoms with van der Waals surface area (Å²) in [4.78, 5) is 13.0. The van der Waals surface area contributed by atoms with Crippen LogP contribution in [0.3, 0.4) is 0 Å². The fourth-order valence-electron chi connectivity index (χ4n) is 3.60. The van der Waals surface area contributed by atoms with Crippen molar-refractivity contribution in [3.63, 3.8) is 0 Å². The van der Waals surface area contributed by atoms with E-state index in [4.69, 9.17) is 14.2 Å². The van der Waals surface area contributed by atoms with Gasteiger partial charge in [-0.25, -0.2) is 8.42 Å². The number of carbonyl (C=O) groups excluding carboxylic acids is 1. The molecule has 0 spiro atoms. The normalized spacial score (nSPS) is 12.6. The number of benzene rings is 3. The molecule has 0 aliphatic carbocycles. The molecule has 0 fully saturated rings. The quantitative estimate of drug-likeness (QED) is 0.496. The molecule has 34 heavy (non-hydrogen) atoms. The summed E-state index contributed by atoms with van der Waals surface area (Å²) in [6, 6.07) is 18.9. The number of nitrogens with zero attached hydrogens (tertiary/aromatic N) is 1. The van der Waals surface area contributed by atoms with Gasteiger partial charge in [0.05, 0.1) is 18.0 Å². The number of rotatable bonds is 9. The molecule has 0 radical (unpaired) electrons. The van der Waals surface area contributed by atoms with E-state index in [1.165, 1.54) is 10.4 Å². The molecule has 0 bridgehead atoms. The highest BCUT2D eigenvalue weighted by molar-refractivity contribution is 7.89. The van der Waals surface area contributed by atoms with Crippen LogP contribution in [0.5, 0.6) is 17.2 Å². The molecule has 1 aliphatic rings. The van der Waals surface area contributed by atoms with E-state index in [0.717, 1.165) is 5.56 Å². The number of anilines is 1. The average Bonchev–Trinajstić information content (AvgIpc) is 3.28. The molecule has 0 atom stereocenters. The summed E-state index contributed by atoms with van der Waals surface area (Å²) in [5.74, 6) is 1.27. The molecule has 1 aliphatic heterocycles. The molecule has 3 aromatic carbocycles. The third-order valence-corrected chi connectivity index (χ3v) is 7.05. The Morgan fingerprint density at radius 2 is 1.79 bits per heavy atom. The smallest absolute Gasteiger partial charge is 0.243 e. The zero-order valence-electron chi connectivity index (χ0n) is 19.0. The van der Waals surface area contributed by atoms with E-state index >= 15 is 0 Å². The summed E-state index contributed by atoms with van der Waals surface area (Å²) in [7, 11) is -3.98. The summed E-state index contributed by atoms with van der Waals surface area (Å²) < 4.78 is 44.5. The lowest BCUT2D eigenvalue weighted by Crippen LogP contribution is -2.37. The van der Waals surface area contributed by atoms with Crippen LogP contribution in [0.15, 0.2) is 71.6 Å². The summed E-state index contributed by atoms with van der Waals surface area (Å²) in [5, 5.41) is 2.75. The highest BCUT2D eigenvalue weighted by Gasteiger charge is 2.28. The molecule has 0 saturated carbocycles. The van der Waals surface area contributed by atoms with Gasteiger partial charge in [-0.2, -0.15) is 4.31 Å². The van der Waals surface area contributed by atoms with Gasteiger partial charge < -0.3 is 19.5 Å². The zero-order valence-corrected chi connectivity index (χ0v) is 19.8. The molecule has 0 aromatic heterocycles. The maximum atomic E-state index is 13.6. The van der Waals surface area contributed by atoms with Crippen molar-refractivity contribution < 1.29 is 27.4 Å². The number of amides is 1. The second-order valence-corrected chi connectivity index (χ2v) is 9.67. The predicted molar refractivity (Wildman–Crippen MR) is 128 cm³/mol. The molecule has 3 aromatic rings. The van der Waals surface area contributed by atoms with Gasteiger partial charge in [0, 0.05) is 18.3 Å². The Morgan fingerprint density at radius 1 is 1.03 bits per heavy atom. The lowest BCUT2D eigenvalue weighted by Gasteiger charge is -2.22. The highest BCUT2D eigenvalue weighted by Crippen LogP contribution is 2.34. The lowest BCUT2D eigenvalue weighted by atomic mass is 10.2. The molecular weight excluding hydrogens is 456 g/mol. The molecule has 0 unspecified atom stereocenters. The minimum absolute atomic E-state index is 0.0456. The second kappa shape index (κ2) is 10.1. The van der Waals surface area contributed by atoms with Gasteiger partial charge in [-0.05, 0) is 55.3 Å². The number of nitrogens with one attached hydrogen (secondary N) is 1. The van der Waals surface area contributed by atoms with Crippen molar-refractivity contribution in [3.8, 4) is 17.2 Å². The average molecular weight is 483 g/mol. The molecule has 8 nitrogen and oxygen atoms in total. The minimum atomic E-state index is -3.98. The van der Waals surface area contributed by atoms with E-state index in [9.17, 15) is 13.2 Å². The summed E-state index contributed by atoms with van der Waals surface area (Å²) in [6.07, 6.45) is 0. The Labute approximate surface area is 199 Å². The maximum Gasteiger partial charge on any atom is 0.243 e. The number of sulfonamides is 1. The molecule has 9 heteroatoms. The van der Waals surface area contributed by atoms with Gasteiger partial charge in [-0.1, -0.05) is 30.3 Å². The summed E-state index contributed by atoms with van der Waals surface area (Å²) >= 11 is 0. The Kier molecular flexibility index (Phi) is 7.04. The van der Waals surface area contributed by atoms with Crippen LogP contribution in [-0.4, -0.2) is 38.6 Å². The van der Waals surface area contributed by atoms with Gasteiger partial charge >= 0.3 is 0 Å². The van der Waals surface area contributed by atoms with E-state index in [-0.39, 0.29) is 24.8 Å². The van der Waals surface area contributed by atoms with Crippen molar-refractivity contribution in [1.82, 2.24) is 4.31 Å². The minimum Gasteiger partial charge on any atom is -0.494 e. The molecular formula is C25H26N2O6S. The number of aryl methyl sites for hydroxylation is 1. The lowest BCUT2D eigenvalue weighted by molar-refractivity contribution is -0.116. The van der Waals surface area contributed by atoms with Crippen LogP contribution in [0.4, 0.5) is 5.69 Å². The first-order valence-corrected chi connectivity index (χ1v) is 12.3. The van der Waals surface area contributed by atoms with E-state index in [0.29, 0.717) is 35.1 Å². The standard InChI is InChI=1S/C25H26N2O6S/c1-3-31-22-12-10-21(13-18(22)2)34(29,30)27(15-19-7-5-4-6-8-19)16-25(28)26-20-9-11-23-24(14-20)33-17-32-23/h4-14H,3,15-17H2,1-2H3,(H,26,28). The van der Waals surface area contributed by atoms with Crippen LogP contribution in [0, 0.1) is 6.92 Å². The van der Waals surface area contributed by atoms with E-state index in [1.54, 1.807) is 37.3 Å². The van der Waals surface area contributed by atoms with E-state index in [2.05, 4.69) is 5.32 Å². The predicted octanol–water partition coefficient (Wildman–Crippen LogP) is 3.95. The zero-order chi connectivity index (χ0) is 24.1. The second-order valence-electron chi connectivity index (χ2n) is 7.74. The van der Waals surface area contributed by atoms with Crippen molar-refractivity contribution >= 4 is 21.6 Å². The summed E-state index contributed by atoms with van der Waals surface area (Å²) in [6.45, 7) is 3.94. The number of fused-ring (bicyclic) bond motifs is 1. The van der Waals surface area contributed by atoms with Crippen LogP contribution >= 0.6 is 0 Å². The monoisotopic (exact) mass is 482 g/mol. The van der Waals surface area contributed by atoms with Gasteiger partial charge in [0.2, 0.25) is 22.7 Å². The van der Waals surface area contributed by atoms with Crippen molar-refractivity contribution in [3.05, 3.63) is 77.9 Å². The third kappa shape index (κ3) is 5.32. The summed E-state index contributed by atoms with van der Waals surface area (Å²) in [5.41, 5.74) is 1.96. The largest absolute Gasteiger partial charge is 0.494 e. The topological polar surface area (TPSA) is 94.2 Å². The van der Waals surface area contributed by atoms with Crippen LogP contribution in [0.1, 0.15) is 18.1 Å². The van der Waals surface area contributed by atoms with E-state index in [1.807, 2.05) is 37.3 Å². The maximum absolute atomic E-state index is 13.6. The molecule has 178 valence electrons. The van der Waals surface area contributed by atoms with Crippen LogP contribution in [0.25, 0.3) is 0 Å². The van der Waals surface area contributed by atoms with Crippen molar-refractivity contribution in [2.75, 3.05) is 25.3 Å². The van der Waals surface area contributed by atoms with Crippen LogP contribution in [0.2, 0.25) is 0 Å². The Balaban J connectivity index is 1.58. The van der Waals surface area contributed by atoms with Crippen LogP contribution in [-0.2, 0) is 21.4 Å². The fraction of sp³-hybridized carbons (Fsp3) is 0.240. The molecule has 1 heterocycles. The Bertz CT molecular complexity index is 1280. The Hall–Kier alpha value is -3.56. The van der Waals surface area contributed by atoms with Gasteiger partial charge in [0.15, 0.2) is 11.5 Å². The third-order valence-electron chi connectivity index (χ3n) is 5.26. The first-order chi connectivity index (χ1) is 16.4. The van der Waals surface area contributed by atoms with Gasteiger partial charge in [-0.3, -0.25) is 4.79 Å². The number of hydrogen-bond donors (Lipinski definition) is 1. The molecule has 0 saturated heterocycles. The van der Waals surface area contributed by atoms with Crippen molar-refractivity contribution in [2.45, 2.75) is 25.3 Å². The molecule has 1 amide bonds. The number of ether oxygens (including phenoxy) is 3.